The van der Waals surface area contributed by atoms with Crippen LogP contribution in [-0.4, -0.2) is 11.9 Å². The van der Waals surface area contributed by atoms with Crippen molar-refractivity contribution in [1.82, 2.24) is 0 Å². The van der Waals surface area contributed by atoms with Crippen LogP contribution in [0.15, 0.2) is 54.6 Å². The first-order valence-corrected chi connectivity index (χ1v) is 7.59. The van der Waals surface area contributed by atoms with Crippen LogP contribution in [0.4, 0.5) is 5.69 Å². The molecule has 0 bridgehead atoms. The molecule has 1 N–H and O–H groups in total. The summed E-state index contributed by atoms with van der Waals surface area (Å²) in [5.41, 5.74) is 2.67. The van der Waals surface area contributed by atoms with Crippen LogP contribution in [0.1, 0.15) is 30.4 Å². The van der Waals surface area contributed by atoms with E-state index >= 15 is 0 Å². The lowest BCUT2D eigenvalue weighted by Crippen LogP contribution is -2.34. The van der Waals surface area contributed by atoms with E-state index in [0.717, 1.165) is 11.1 Å². The van der Waals surface area contributed by atoms with Crippen molar-refractivity contribution in [3.63, 3.8) is 0 Å². The van der Waals surface area contributed by atoms with Crippen molar-refractivity contribution in [2.75, 3.05) is 5.32 Å². The Labute approximate surface area is 136 Å². The Balaban J connectivity index is 2.18. The van der Waals surface area contributed by atoms with Crippen molar-refractivity contribution in [3.8, 4) is 0 Å². The second kappa shape index (κ2) is 7.58. The SMILES string of the molecule is Cc1ccc(NC(=O)C(CC(=O)[O-])C(C)c2ccccc2)cc1. The highest BCUT2D eigenvalue weighted by Crippen LogP contribution is 2.28. The lowest BCUT2D eigenvalue weighted by molar-refractivity contribution is -0.306. The Kier molecular flexibility index (Phi) is 5.52. The van der Waals surface area contributed by atoms with Gasteiger partial charge in [-0.25, -0.2) is 0 Å². The molecule has 0 aliphatic heterocycles. The number of carbonyl (C=O) groups excluding carboxylic acids is 2. The van der Waals surface area contributed by atoms with Crippen molar-refractivity contribution in [3.05, 3.63) is 65.7 Å². The maximum atomic E-state index is 12.5. The molecular weight excluding hydrogens is 290 g/mol. The summed E-state index contributed by atoms with van der Waals surface area (Å²) in [5, 5.41) is 13.9. The lowest BCUT2D eigenvalue weighted by Gasteiger charge is -2.24. The molecule has 120 valence electrons. The maximum absolute atomic E-state index is 12.5. The quantitative estimate of drug-likeness (QED) is 0.891. The molecule has 0 spiro atoms. The third-order valence-corrected chi connectivity index (χ3v) is 3.97. The molecule has 2 aromatic carbocycles. The molecule has 0 aliphatic carbocycles. The average molecular weight is 310 g/mol. The Hall–Kier alpha value is -2.62. The summed E-state index contributed by atoms with van der Waals surface area (Å²) >= 11 is 0. The number of hydrogen-bond donors (Lipinski definition) is 1. The van der Waals surface area contributed by atoms with Crippen LogP contribution in [0.2, 0.25) is 0 Å². The van der Waals surface area contributed by atoms with E-state index in [2.05, 4.69) is 5.32 Å². The van der Waals surface area contributed by atoms with Crippen molar-refractivity contribution >= 4 is 17.6 Å². The Bertz CT molecular complexity index is 665. The van der Waals surface area contributed by atoms with Gasteiger partial charge in [-0.15, -0.1) is 0 Å². The van der Waals surface area contributed by atoms with E-state index in [-0.39, 0.29) is 18.2 Å². The number of hydrogen-bond acceptors (Lipinski definition) is 3. The van der Waals surface area contributed by atoms with Crippen LogP contribution in [0.3, 0.4) is 0 Å². The molecule has 2 aromatic rings. The molecule has 0 saturated carbocycles. The van der Waals surface area contributed by atoms with E-state index < -0.39 is 11.9 Å². The van der Waals surface area contributed by atoms with Gasteiger partial charge in [-0.3, -0.25) is 4.79 Å². The number of anilines is 1. The molecule has 1 amide bonds. The van der Waals surface area contributed by atoms with Crippen LogP contribution in [0, 0.1) is 12.8 Å². The standard InChI is InChI=1S/C19H21NO3/c1-13-8-10-16(11-9-13)20-19(23)17(12-18(21)22)14(2)15-6-4-3-5-7-15/h3-11,14,17H,12H2,1-2H3,(H,20,23)(H,21,22)/p-1. The predicted molar refractivity (Wildman–Crippen MR) is 87.8 cm³/mol. The van der Waals surface area contributed by atoms with Gasteiger partial charge in [-0.1, -0.05) is 55.0 Å². The van der Waals surface area contributed by atoms with Gasteiger partial charge in [0.2, 0.25) is 5.91 Å². The zero-order valence-electron chi connectivity index (χ0n) is 13.3. The van der Waals surface area contributed by atoms with E-state index in [4.69, 9.17) is 0 Å². The summed E-state index contributed by atoms with van der Waals surface area (Å²) in [7, 11) is 0. The smallest absolute Gasteiger partial charge is 0.228 e. The fraction of sp³-hybridized carbons (Fsp3) is 0.263. The van der Waals surface area contributed by atoms with Gasteiger partial charge in [-0.05, 0) is 37.0 Å². The third kappa shape index (κ3) is 4.68. The average Bonchev–Trinajstić information content (AvgIpc) is 2.54. The summed E-state index contributed by atoms with van der Waals surface area (Å²) in [6.07, 6.45) is -0.312. The summed E-state index contributed by atoms with van der Waals surface area (Å²) in [4.78, 5) is 23.6. The lowest BCUT2D eigenvalue weighted by atomic mass is 9.84. The normalized spacial score (nSPS) is 13.1. The second-order valence-electron chi connectivity index (χ2n) is 5.74. The zero-order chi connectivity index (χ0) is 16.8. The van der Waals surface area contributed by atoms with Crippen molar-refractivity contribution in [1.29, 1.82) is 0 Å². The first kappa shape index (κ1) is 16.7. The molecule has 23 heavy (non-hydrogen) atoms. The Morgan fingerprint density at radius 1 is 1.04 bits per heavy atom. The number of aryl methyl sites for hydroxylation is 1. The summed E-state index contributed by atoms with van der Waals surface area (Å²) < 4.78 is 0. The van der Waals surface area contributed by atoms with E-state index in [1.54, 1.807) is 12.1 Å². The molecule has 0 aliphatic rings. The molecule has 4 heteroatoms. The Morgan fingerprint density at radius 2 is 1.65 bits per heavy atom. The second-order valence-corrected chi connectivity index (χ2v) is 5.74. The molecule has 0 radical (unpaired) electrons. The molecule has 4 nitrogen and oxygen atoms in total. The third-order valence-electron chi connectivity index (χ3n) is 3.97. The first-order valence-electron chi connectivity index (χ1n) is 7.59. The van der Waals surface area contributed by atoms with E-state index in [1.807, 2.05) is 56.3 Å². The van der Waals surface area contributed by atoms with Crippen molar-refractivity contribution in [2.45, 2.75) is 26.2 Å². The number of carbonyl (C=O) groups is 2. The fourth-order valence-electron chi connectivity index (χ4n) is 2.54. The van der Waals surface area contributed by atoms with Crippen LogP contribution in [-0.2, 0) is 9.59 Å². The molecule has 0 aromatic heterocycles. The molecule has 0 saturated heterocycles. The maximum Gasteiger partial charge on any atom is 0.228 e. The molecule has 2 atom stereocenters. The molecule has 2 rings (SSSR count). The minimum atomic E-state index is -1.23. The summed E-state index contributed by atoms with van der Waals surface area (Å²) in [6.45, 7) is 3.82. The highest BCUT2D eigenvalue weighted by atomic mass is 16.4. The summed E-state index contributed by atoms with van der Waals surface area (Å²) in [6, 6.07) is 16.8. The molecule has 0 heterocycles. The van der Waals surface area contributed by atoms with Gasteiger partial charge in [0.15, 0.2) is 0 Å². The van der Waals surface area contributed by atoms with Gasteiger partial charge in [0.05, 0.1) is 5.92 Å². The van der Waals surface area contributed by atoms with Gasteiger partial charge >= 0.3 is 0 Å². The number of aliphatic carboxylic acids is 1. The van der Waals surface area contributed by atoms with Crippen LogP contribution < -0.4 is 10.4 Å². The van der Waals surface area contributed by atoms with E-state index in [1.165, 1.54) is 0 Å². The van der Waals surface area contributed by atoms with Crippen molar-refractivity contribution in [2.24, 2.45) is 5.92 Å². The summed E-state index contributed by atoms with van der Waals surface area (Å²) in [5.74, 6) is -2.45. The van der Waals surface area contributed by atoms with Crippen LogP contribution in [0.25, 0.3) is 0 Å². The zero-order valence-corrected chi connectivity index (χ0v) is 13.3. The van der Waals surface area contributed by atoms with E-state index in [0.29, 0.717) is 5.69 Å². The number of amides is 1. The van der Waals surface area contributed by atoms with Gasteiger partial charge in [-0.2, -0.15) is 0 Å². The minimum Gasteiger partial charge on any atom is -0.550 e. The number of carboxylic acid groups (broad SMARTS) is 1. The molecule has 0 fully saturated rings. The molecule has 2 unspecified atom stereocenters. The predicted octanol–water partition coefficient (Wildman–Crippen LogP) is 2.49. The fourth-order valence-corrected chi connectivity index (χ4v) is 2.54. The number of benzene rings is 2. The van der Waals surface area contributed by atoms with Gasteiger partial charge in [0.25, 0.3) is 0 Å². The highest BCUT2D eigenvalue weighted by molar-refractivity contribution is 5.94. The molecular formula is C19H20NO3-. The van der Waals surface area contributed by atoms with Gasteiger partial charge in [0.1, 0.15) is 0 Å². The van der Waals surface area contributed by atoms with E-state index in [9.17, 15) is 14.7 Å². The first-order chi connectivity index (χ1) is 11.0. The number of carboxylic acids is 1. The van der Waals surface area contributed by atoms with Crippen LogP contribution >= 0.6 is 0 Å². The van der Waals surface area contributed by atoms with Gasteiger partial charge in [0, 0.05) is 11.7 Å². The minimum absolute atomic E-state index is 0.223. The Morgan fingerprint density at radius 3 is 2.22 bits per heavy atom. The highest BCUT2D eigenvalue weighted by Gasteiger charge is 2.26. The van der Waals surface area contributed by atoms with Crippen molar-refractivity contribution < 1.29 is 14.7 Å². The number of rotatable bonds is 6. The monoisotopic (exact) mass is 310 g/mol. The topological polar surface area (TPSA) is 69.2 Å². The van der Waals surface area contributed by atoms with Gasteiger partial charge < -0.3 is 15.2 Å². The van der Waals surface area contributed by atoms with Crippen LogP contribution in [0.5, 0.6) is 0 Å². The largest absolute Gasteiger partial charge is 0.550 e. The number of nitrogens with one attached hydrogen (secondary N) is 1.